The van der Waals surface area contributed by atoms with Gasteiger partial charge in [-0.05, 0) is 42.0 Å². The Morgan fingerprint density at radius 2 is 1.80 bits per heavy atom. The average Bonchev–Trinajstić information content (AvgIpc) is 2.84. The van der Waals surface area contributed by atoms with E-state index in [1.165, 1.54) is 18.2 Å². The molecule has 0 aliphatic carbocycles. The molecule has 0 bridgehead atoms. The standard InChI is InChI=1S/C15H9Cl2FO2/c16-11-3-1-8(6-12(11)17)15(19)14-7-9-5-10(18)2-4-13(9)20-14/h1-7,15,19H. The Morgan fingerprint density at radius 1 is 1.00 bits per heavy atom. The van der Waals surface area contributed by atoms with Gasteiger partial charge in [0.2, 0.25) is 0 Å². The fourth-order valence-corrected chi connectivity index (χ4v) is 2.32. The molecule has 1 heterocycles. The maximum Gasteiger partial charge on any atom is 0.138 e. The van der Waals surface area contributed by atoms with Crippen molar-refractivity contribution >= 4 is 34.2 Å². The number of hydrogen-bond acceptors (Lipinski definition) is 2. The van der Waals surface area contributed by atoms with Crippen molar-refractivity contribution in [1.29, 1.82) is 0 Å². The van der Waals surface area contributed by atoms with Gasteiger partial charge in [-0.15, -0.1) is 0 Å². The van der Waals surface area contributed by atoms with Gasteiger partial charge >= 0.3 is 0 Å². The van der Waals surface area contributed by atoms with Crippen molar-refractivity contribution in [2.24, 2.45) is 0 Å². The number of rotatable bonds is 2. The SMILES string of the molecule is OC(c1ccc(Cl)c(Cl)c1)c1cc2cc(F)ccc2o1. The third kappa shape index (κ3) is 2.40. The van der Waals surface area contributed by atoms with E-state index in [1.54, 1.807) is 24.3 Å². The molecule has 0 aliphatic rings. The molecule has 1 aromatic heterocycles. The van der Waals surface area contributed by atoms with E-state index in [2.05, 4.69) is 0 Å². The molecule has 2 aromatic carbocycles. The smallest absolute Gasteiger partial charge is 0.138 e. The van der Waals surface area contributed by atoms with Crippen LogP contribution in [0.5, 0.6) is 0 Å². The zero-order chi connectivity index (χ0) is 14.3. The largest absolute Gasteiger partial charge is 0.458 e. The fraction of sp³-hybridized carbons (Fsp3) is 0.0667. The Hall–Kier alpha value is -1.55. The fourth-order valence-electron chi connectivity index (χ4n) is 2.02. The number of aliphatic hydroxyl groups excluding tert-OH is 1. The number of halogens is 3. The van der Waals surface area contributed by atoms with Crippen LogP contribution in [0.1, 0.15) is 17.4 Å². The summed E-state index contributed by atoms with van der Waals surface area (Å²) < 4.78 is 18.6. The van der Waals surface area contributed by atoms with E-state index in [0.717, 1.165) is 0 Å². The minimum Gasteiger partial charge on any atom is -0.458 e. The highest BCUT2D eigenvalue weighted by atomic mass is 35.5. The van der Waals surface area contributed by atoms with E-state index >= 15 is 0 Å². The van der Waals surface area contributed by atoms with Gasteiger partial charge in [0.15, 0.2) is 0 Å². The molecule has 1 unspecified atom stereocenters. The predicted molar refractivity (Wildman–Crippen MR) is 76.7 cm³/mol. The first-order chi connectivity index (χ1) is 9.54. The minimum atomic E-state index is -0.986. The van der Waals surface area contributed by atoms with E-state index in [1.807, 2.05) is 0 Å². The van der Waals surface area contributed by atoms with Crippen molar-refractivity contribution in [3.8, 4) is 0 Å². The number of furan rings is 1. The second-order valence-electron chi connectivity index (χ2n) is 4.41. The van der Waals surface area contributed by atoms with E-state index in [0.29, 0.717) is 32.3 Å². The van der Waals surface area contributed by atoms with Crippen LogP contribution in [0.25, 0.3) is 11.0 Å². The molecule has 0 saturated carbocycles. The zero-order valence-corrected chi connectivity index (χ0v) is 11.6. The molecular weight excluding hydrogens is 302 g/mol. The van der Waals surface area contributed by atoms with Gasteiger partial charge in [-0.25, -0.2) is 4.39 Å². The van der Waals surface area contributed by atoms with Gasteiger partial charge in [-0.1, -0.05) is 29.3 Å². The molecule has 3 rings (SSSR count). The van der Waals surface area contributed by atoms with E-state index in [4.69, 9.17) is 27.6 Å². The second-order valence-corrected chi connectivity index (χ2v) is 5.22. The van der Waals surface area contributed by atoms with Gasteiger partial charge in [0.05, 0.1) is 10.0 Å². The summed E-state index contributed by atoms with van der Waals surface area (Å²) in [6, 6.07) is 10.6. The topological polar surface area (TPSA) is 33.4 Å². The van der Waals surface area contributed by atoms with Gasteiger partial charge in [0.25, 0.3) is 0 Å². The summed E-state index contributed by atoms with van der Waals surface area (Å²) in [5.41, 5.74) is 1.07. The summed E-state index contributed by atoms with van der Waals surface area (Å²) in [7, 11) is 0. The second kappa shape index (κ2) is 5.09. The lowest BCUT2D eigenvalue weighted by atomic mass is 10.1. The van der Waals surface area contributed by atoms with E-state index < -0.39 is 6.10 Å². The third-order valence-electron chi connectivity index (χ3n) is 3.03. The van der Waals surface area contributed by atoms with E-state index in [9.17, 15) is 9.50 Å². The Labute approximate surface area is 124 Å². The van der Waals surface area contributed by atoms with Gasteiger partial charge in [-0.2, -0.15) is 0 Å². The minimum absolute atomic E-state index is 0.323. The van der Waals surface area contributed by atoms with Crippen LogP contribution in [-0.4, -0.2) is 5.11 Å². The molecule has 102 valence electrons. The molecule has 5 heteroatoms. The van der Waals surface area contributed by atoms with Crippen molar-refractivity contribution < 1.29 is 13.9 Å². The van der Waals surface area contributed by atoms with Gasteiger partial charge in [0, 0.05) is 5.39 Å². The highest BCUT2D eigenvalue weighted by Gasteiger charge is 2.17. The first-order valence-corrected chi connectivity index (χ1v) is 6.62. The molecule has 20 heavy (non-hydrogen) atoms. The molecule has 0 radical (unpaired) electrons. The summed E-state index contributed by atoms with van der Waals surface area (Å²) in [5, 5.41) is 11.6. The summed E-state index contributed by atoms with van der Waals surface area (Å²) in [4.78, 5) is 0. The Bertz CT molecular complexity index is 783. The van der Waals surface area contributed by atoms with Crippen LogP contribution in [0.4, 0.5) is 4.39 Å². The van der Waals surface area contributed by atoms with Crippen LogP contribution in [0.15, 0.2) is 46.9 Å². The van der Waals surface area contributed by atoms with Crippen molar-refractivity contribution in [2.75, 3.05) is 0 Å². The molecule has 3 aromatic rings. The maximum atomic E-state index is 13.1. The van der Waals surface area contributed by atoms with Crippen LogP contribution >= 0.6 is 23.2 Å². The Kier molecular flexibility index (Phi) is 3.42. The molecule has 0 spiro atoms. The quantitative estimate of drug-likeness (QED) is 0.725. The number of hydrogen-bond donors (Lipinski definition) is 1. The molecule has 0 aliphatic heterocycles. The summed E-state index contributed by atoms with van der Waals surface area (Å²) in [6.07, 6.45) is -0.986. The number of fused-ring (bicyclic) bond motifs is 1. The molecule has 0 fully saturated rings. The normalized spacial score (nSPS) is 12.8. The highest BCUT2D eigenvalue weighted by molar-refractivity contribution is 6.42. The number of aliphatic hydroxyl groups is 1. The zero-order valence-electron chi connectivity index (χ0n) is 10.1. The lowest BCUT2D eigenvalue weighted by molar-refractivity contribution is 0.192. The average molecular weight is 311 g/mol. The van der Waals surface area contributed by atoms with Crippen LogP contribution in [-0.2, 0) is 0 Å². The third-order valence-corrected chi connectivity index (χ3v) is 3.77. The Morgan fingerprint density at radius 3 is 2.55 bits per heavy atom. The molecule has 1 N–H and O–H groups in total. The van der Waals surface area contributed by atoms with Crippen LogP contribution in [0, 0.1) is 5.82 Å². The lowest BCUT2D eigenvalue weighted by Crippen LogP contribution is -1.97. The van der Waals surface area contributed by atoms with Crippen molar-refractivity contribution in [1.82, 2.24) is 0 Å². The van der Waals surface area contributed by atoms with Gasteiger partial charge in [0.1, 0.15) is 23.3 Å². The van der Waals surface area contributed by atoms with Crippen molar-refractivity contribution in [3.05, 3.63) is 69.7 Å². The van der Waals surface area contributed by atoms with Gasteiger partial charge < -0.3 is 9.52 Å². The highest BCUT2D eigenvalue weighted by Crippen LogP contribution is 2.31. The summed E-state index contributed by atoms with van der Waals surface area (Å²) >= 11 is 11.8. The van der Waals surface area contributed by atoms with Crippen molar-refractivity contribution in [3.63, 3.8) is 0 Å². The van der Waals surface area contributed by atoms with Crippen LogP contribution in [0.3, 0.4) is 0 Å². The van der Waals surface area contributed by atoms with Crippen LogP contribution < -0.4 is 0 Å². The predicted octanol–water partition coefficient (Wildman–Crippen LogP) is 4.96. The molecule has 0 amide bonds. The number of benzene rings is 2. The summed E-state index contributed by atoms with van der Waals surface area (Å²) in [5.74, 6) is -0.0298. The van der Waals surface area contributed by atoms with Crippen molar-refractivity contribution in [2.45, 2.75) is 6.10 Å². The van der Waals surface area contributed by atoms with Gasteiger partial charge in [-0.3, -0.25) is 0 Å². The maximum absolute atomic E-state index is 13.1. The first kappa shape index (κ1) is 13.4. The van der Waals surface area contributed by atoms with E-state index in [-0.39, 0.29) is 5.82 Å². The molecule has 1 atom stereocenters. The molecule has 2 nitrogen and oxygen atoms in total. The lowest BCUT2D eigenvalue weighted by Gasteiger charge is -2.08. The van der Waals surface area contributed by atoms with Crippen LogP contribution in [0.2, 0.25) is 10.0 Å². The monoisotopic (exact) mass is 310 g/mol. The Balaban J connectivity index is 2.02. The summed E-state index contributed by atoms with van der Waals surface area (Å²) in [6.45, 7) is 0. The molecular formula is C15H9Cl2FO2. The first-order valence-electron chi connectivity index (χ1n) is 5.86. The molecule has 0 saturated heterocycles.